The van der Waals surface area contributed by atoms with E-state index in [2.05, 4.69) is 4.98 Å². The zero-order valence-corrected chi connectivity index (χ0v) is 10.9. The number of nitrogens with zero attached hydrogens (tertiary/aromatic N) is 1. The number of nitrogens with two attached hydrogens (primary N) is 1. The van der Waals surface area contributed by atoms with Crippen molar-refractivity contribution < 1.29 is 9.15 Å². The Hall–Kier alpha value is -2.20. The van der Waals surface area contributed by atoms with Crippen LogP contribution in [0.3, 0.4) is 0 Å². The first-order valence-corrected chi connectivity index (χ1v) is 6.06. The van der Waals surface area contributed by atoms with E-state index in [0.29, 0.717) is 39.0 Å². The molecule has 96 valence electrons. The quantitative estimate of drug-likeness (QED) is 0.723. The van der Waals surface area contributed by atoms with Gasteiger partial charge in [-0.25, -0.2) is 4.98 Å². The van der Waals surface area contributed by atoms with Crippen LogP contribution in [0.4, 0.5) is 5.69 Å². The van der Waals surface area contributed by atoms with Crippen LogP contribution in [0.25, 0.3) is 22.6 Å². The fraction of sp³-hybridized carbons (Fsp3) is 0.0714. The average molecular weight is 275 g/mol. The second-order valence-corrected chi connectivity index (χ2v) is 4.47. The third kappa shape index (κ3) is 2.00. The molecule has 2 aromatic carbocycles. The minimum absolute atomic E-state index is 0.449. The lowest BCUT2D eigenvalue weighted by Crippen LogP contribution is -1.86. The number of ether oxygens (including phenoxy) is 1. The van der Waals surface area contributed by atoms with Crippen LogP contribution in [-0.4, -0.2) is 12.1 Å². The first-order chi connectivity index (χ1) is 9.19. The summed E-state index contributed by atoms with van der Waals surface area (Å²) in [5.41, 5.74) is 8.30. The Morgan fingerprint density at radius 3 is 2.84 bits per heavy atom. The van der Waals surface area contributed by atoms with Crippen molar-refractivity contribution in [3.05, 3.63) is 41.4 Å². The molecule has 0 atom stereocenters. The van der Waals surface area contributed by atoms with Gasteiger partial charge < -0.3 is 14.9 Å². The summed E-state index contributed by atoms with van der Waals surface area (Å²) >= 11 is 6.15. The maximum absolute atomic E-state index is 6.15. The predicted molar refractivity (Wildman–Crippen MR) is 75.4 cm³/mol. The molecule has 19 heavy (non-hydrogen) atoms. The second-order valence-electron chi connectivity index (χ2n) is 4.07. The zero-order chi connectivity index (χ0) is 13.4. The molecular weight excluding hydrogens is 264 g/mol. The van der Waals surface area contributed by atoms with Crippen LogP contribution in [0.5, 0.6) is 5.75 Å². The summed E-state index contributed by atoms with van der Waals surface area (Å²) in [6.07, 6.45) is 0. The predicted octanol–water partition coefficient (Wildman–Crippen LogP) is 3.74. The van der Waals surface area contributed by atoms with Crippen LogP contribution in [0, 0.1) is 0 Å². The number of benzene rings is 2. The molecule has 2 N–H and O–H groups in total. The minimum Gasteiger partial charge on any atom is -0.494 e. The van der Waals surface area contributed by atoms with Gasteiger partial charge in [-0.1, -0.05) is 17.7 Å². The normalized spacial score (nSPS) is 10.8. The molecule has 5 heteroatoms. The molecule has 0 amide bonds. The molecule has 3 aromatic rings. The Balaban J connectivity index is 2.20. The number of rotatable bonds is 2. The van der Waals surface area contributed by atoms with Crippen LogP contribution in [0.2, 0.25) is 5.02 Å². The third-order valence-electron chi connectivity index (χ3n) is 2.83. The van der Waals surface area contributed by atoms with Crippen molar-refractivity contribution >= 4 is 28.4 Å². The van der Waals surface area contributed by atoms with Crippen molar-refractivity contribution in [2.24, 2.45) is 0 Å². The molecular formula is C14H11ClN2O2. The van der Waals surface area contributed by atoms with Crippen molar-refractivity contribution in [2.75, 3.05) is 12.8 Å². The molecule has 0 spiro atoms. The van der Waals surface area contributed by atoms with E-state index >= 15 is 0 Å². The number of hydrogen-bond acceptors (Lipinski definition) is 4. The molecule has 0 fully saturated rings. The topological polar surface area (TPSA) is 61.3 Å². The molecule has 0 saturated heterocycles. The lowest BCUT2D eigenvalue weighted by Gasteiger charge is -2.00. The van der Waals surface area contributed by atoms with Crippen LogP contribution < -0.4 is 10.5 Å². The van der Waals surface area contributed by atoms with E-state index in [0.717, 1.165) is 0 Å². The van der Waals surface area contributed by atoms with Crippen molar-refractivity contribution in [1.82, 2.24) is 4.98 Å². The first-order valence-electron chi connectivity index (χ1n) is 5.68. The summed E-state index contributed by atoms with van der Waals surface area (Å²) in [5, 5.41) is 0.505. The maximum Gasteiger partial charge on any atom is 0.228 e. The number of oxazole rings is 1. The van der Waals surface area contributed by atoms with Crippen molar-refractivity contribution in [3.8, 4) is 17.2 Å². The van der Waals surface area contributed by atoms with E-state index in [-0.39, 0.29) is 0 Å². The number of nitrogen functional groups attached to an aromatic ring is 1. The fourth-order valence-electron chi connectivity index (χ4n) is 1.91. The standard InChI is InChI=1S/C14H11ClN2O2/c1-18-11-3-2-4-12-13(11)17-14(19-12)9-6-5-8(16)7-10(9)15/h2-7H,16H2,1H3. The number of methoxy groups -OCH3 is 1. The monoisotopic (exact) mass is 274 g/mol. The van der Waals surface area contributed by atoms with Crippen LogP contribution >= 0.6 is 11.6 Å². The van der Waals surface area contributed by atoms with E-state index in [4.69, 9.17) is 26.5 Å². The van der Waals surface area contributed by atoms with Gasteiger partial charge in [0.05, 0.1) is 17.7 Å². The fourth-order valence-corrected chi connectivity index (χ4v) is 2.18. The Kier molecular flexibility index (Phi) is 2.80. The van der Waals surface area contributed by atoms with E-state index in [1.165, 1.54) is 0 Å². The van der Waals surface area contributed by atoms with Gasteiger partial charge in [0.15, 0.2) is 11.1 Å². The largest absolute Gasteiger partial charge is 0.494 e. The van der Waals surface area contributed by atoms with Gasteiger partial charge in [-0.05, 0) is 30.3 Å². The molecule has 3 rings (SSSR count). The third-order valence-corrected chi connectivity index (χ3v) is 3.14. The molecule has 0 radical (unpaired) electrons. The maximum atomic E-state index is 6.15. The molecule has 1 aromatic heterocycles. The van der Waals surface area contributed by atoms with E-state index in [9.17, 15) is 0 Å². The zero-order valence-electron chi connectivity index (χ0n) is 10.2. The average Bonchev–Trinajstić information content (AvgIpc) is 2.81. The van der Waals surface area contributed by atoms with Gasteiger partial charge in [0.1, 0.15) is 5.75 Å². The van der Waals surface area contributed by atoms with Crippen LogP contribution in [-0.2, 0) is 0 Å². The highest BCUT2D eigenvalue weighted by Crippen LogP contribution is 2.33. The summed E-state index contributed by atoms with van der Waals surface area (Å²) in [5.74, 6) is 1.11. The number of hydrogen-bond donors (Lipinski definition) is 1. The first kappa shape index (κ1) is 11.9. The summed E-state index contributed by atoms with van der Waals surface area (Å²) < 4.78 is 11.0. The van der Waals surface area contributed by atoms with E-state index < -0.39 is 0 Å². The Labute approximate surface area is 114 Å². The number of fused-ring (bicyclic) bond motifs is 1. The highest BCUT2D eigenvalue weighted by atomic mass is 35.5. The molecule has 4 nitrogen and oxygen atoms in total. The van der Waals surface area contributed by atoms with Gasteiger partial charge in [-0.2, -0.15) is 0 Å². The molecule has 0 bridgehead atoms. The smallest absolute Gasteiger partial charge is 0.228 e. The Morgan fingerprint density at radius 1 is 1.26 bits per heavy atom. The van der Waals surface area contributed by atoms with E-state index in [1.54, 1.807) is 25.3 Å². The summed E-state index contributed by atoms with van der Waals surface area (Å²) in [4.78, 5) is 4.43. The van der Waals surface area contributed by atoms with Gasteiger partial charge in [-0.3, -0.25) is 0 Å². The van der Waals surface area contributed by atoms with Gasteiger partial charge in [0, 0.05) is 5.69 Å². The number of aromatic nitrogens is 1. The number of halogens is 1. The summed E-state index contributed by atoms with van der Waals surface area (Å²) in [6.45, 7) is 0. The molecule has 0 saturated carbocycles. The minimum atomic E-state index is 0.449. The Morgan fingerprint density at radius 2 is 2.11 bits per heavy atom. The second kappa shape index (κ2) is 4.48. The van der Waals surface area contributed by atoms with Gasteiger partial charge in [-0.15, -0.1) is 0 Å². The molecule has 0 unspecified atom stereocenters. The molecule has 0 aliphatic heterocycles. The molecule has 0 aliphatic carbocycles. The van der Waals surface area contributed by atoms with Gasteiger partial charge in [0.2, 0.25) is 5.89 Å². The number of para-hydroxylation sites is 1. The van der Waals surface area contributed by atoms with E-state index in [1.807, 2.05) is 18.2 Å². The highest BCUT2D eigenvalue weighted by Gasteiger charge is 2.14. The van der Waals surface area contributed by atoms with Crippen molar-refractivity contribution in [1.29, 1.82) is 0 Å². The number of anilines is 1. The van der Waals surface area contributed by atoms with Crippen molar-refractivity contribution in [3.63, 3.8) is 0 Å². The van der Waals surface area contributed by atoms with Crippen LogP contribution in [0.15, 0.2) is 40.8 Å². The van der Waals surface area contributed by atoms with Crippen molar-refractivity contribution in [2.45, 2.75) is 0 Å². The molecule has 1 heterocycles. The Bertz CT molecular complexity index is 752. The summed E-state index contributed by atoms with van der Waals surface area (Å²) in [6, 6.07) is 10.7. The lowest BCUT2D eigenvalue weighted by atomic mass is 10.2. The van der Waals surface area contributed by atoms with Crippen LogP contribution in [0.1, 0.15) is 0 Å². The summed E-state index contributed by atoms with van der Waals surface area (Å²) in [7, 11) is 1.60. The van der Waals surface area contributed by atoms with Gasteiger partial charge in [0.25, 0.3) is 0 Å². The van der Waals surface area contributed by atoms with Gasteiger partial charge >= 0.3 is 0 Å². The molecule has 0 aliphatic rings. The SMILES string of the molecule is COc1cccc2oc(-c3ccc(N)cc3Cl)nc12. The lowest BCUT2D eigenvalue weighted by molar-refractivity contribution is 0.419. The highest BCUT2D eigenvalue weighted by molar-refractivity contribution is 6.33.